The van der Waals surface area contributed by atoms with Crippen molar-refractivity contribution in [1.82, 2.24) is 0 Å². The van der Waals surface area contributed by atoms with Crippen LogP contribution in [0.5, 0.6) is 0 Å². The molecule has 2 rings (SSSR count). The summed E-state index contributed by atoms with van der Waals surface area (Å²) in [7, 11) is -1.45. The van der Waals surface area contributed by atoms with Crippen LogP contribution in [0.25, 0.3) is 0 Å². The second-order valence-corrected chi connectivity index (χ2v) is 11.9. The largest absolute Gasteiger partial charge is 0.547 e. The molecule has 0 unspecified atom stereocenters. The fourth-order valence-corrected chi connectivity index (χ4v) is 4.51. The van der Waals surface area contributed by atoms with Crippen molar-refractivity contribution < 1.29 is 4.43 Å². The van der Waals surface area contributed by atoms with E-state index in [1.54, 1.807) is 5.57 Å². The Hall–Kier alpha value is -0.243. The maximum absolute atomic E-state index is 6.50. The van der Waals surface area contributed by atoms with Crippen molar-refractivity contribution in [2.75, 3.05) is 0 Å². The van der Waals surface area contributed by atoms with Gasteiger partial charge in [-0.1, -0.05) is 38.5 Å². The van der Waals surface area contributed by atoms with Crippen LogP contribution in [0.1, 0.15) is 70.6 Å². The first-order chi connectivity index (χ1) is 9.04. The van der Waals surface area contributed by atoms with Gasteiger partial charge in [-0.25, -0.2) is 0 Å². The van der Waals surface area contributed by atoms with Gasteiger partial charge < -0.3 is 4.43 Å². The van der Waals surface area contributed by atoms with Crippen LogP contribution in [0.2, 0.25) is 19.6 Å². The molecule has 0 heterocycles. The highest BCUT2D eigenvalue weighted by Gasteiger charge is 2.24. The van der Waals surface area contributed by atoms with Gasteiger partial charge in [-0.05, 0) is 56.8 Å². The minimum Gasteiger partial charge on any atom is -0.547 e. The summed E-state index contributed by atoms with van der Waals surface area (Å²) in [6.07, 6.45) is 15.3. The van der Waals surface area contributed by atoms with Crippen molar-refractivity contribution in [1.29, 1.82) is 0 Å². The highest BCUT2D eigenvalue weighted by Crippen LogP contribution is 2.35. The normalized spacial score (nSPS) is 22.4. The number of allylic oxidation sites excluding steroid dienone is 2. The molecule has 2 saturated carbocycles. The lowest BCUT2D eigenvalue weighted by Crippen LogP contribution is -2.27. The van der Waals surface area contributed by atoms with E-state index in [9.17, 15) is 0 Å². The standard InChI is InChI=1S/C17H32OSi/c1-19(2,3)18-17(16-12-8-5-9-13-16)14-15-10-6-4-7-11-15/h15H,4-14H2,1-3H3. The second-order valence-electron chi connectivity index (χ2n) is 7.51. The minimum absolute atomic E-state index is 0.912. The zero-order valence-corrected chi connectivity index (χ0v) is 14.3. The Balaban J connectivity index is 2.04. The molecule has 0 N–H and O–H groups in total. The van der Waals surface area contributed by atoms with E-state index in [0.29, 0.717) is 0 Å². The third-order valence-corrected chi connectivity index (χ3v) is 5.34. The molecule has 0 spiro atoms. The third-order valence-electron chi connectivity index (χ3n) is 4.48. The summed E-state index contributed by atoms with van der Waals surface area (Å²) in [5.41, 5.74) is 1.68. The summed E-state index contributed by atoms with van der Waals surface area (Å²) in [5, 5.41) is 0. The van der Waals surface area contributed by atoms with Crippen molar-refractivity contribution in [2.24, 2.45) is 5.92 Å². The van der Waals surface area contributed by atoms with Crippen molar-refractivity contribution >= 4 is 8.32 Å². The number of hydrogen-bond donors (Lipinski definition) is 0. The van der Waals surface area contributed by atoms with E-state index in [2.05, 4.69) is 19.6 Å². The predicted molar refractivity (Wildman–Crippen MR) is 85.7 cm³/mol. The summed E-state index contributed by atoms with van der Waals surface area (Å²) in [4.78, 5) is 0. The third kappa shape index (κ3) is 5.33. The average Bonchev–Trinajstić information content (AvgIpc) is 2.39. The lowest BCUT2D eigenvalue weighted by molar-refractivity contribution is 0.295. The lowest BCUT2D eigenvalue weighted by atomic mass is 9.84. The van der Waals surface area contributed by atoms with E-state index in [1.807, 2.05) is 0 Å². The Bertz CT molecular complexity index is 300. The molecular formula is C17H32OSi. The smallest absolute Gasteiger partial charge is 0.241 e. The van der Waals surface area contributed by atoms with Gasteiger partial charge in [0, 0.05) is 6.42 Å². The minimum atomic E-state index is -1.45. The quantitative estimate of drug-likeness (QED) is 0.451. The number of hydrogen-bond acceptors (Lipinski definition) is 1. The van der Waals surface area contributed by atoms with E-state index in [-0.39, 0.29) is 0 Å². The van der Waals surface area contributed by atoms with Gasteiger partial charge in [0.05, 0.1) is 5.76 Å². The molecule has 0 aromatic heterocycles. The van der Waals surface area contributed by atoms with Crippen LogP contribution in [-0.2, 0) is 4.43 Å². The molecule has 0 atom stereocenters. The first-order valence-corrected chi connectivity index (χ1v) is 11.9. The van der Waals surface area contributed by atoms with E-state index in [1.165, 1.54) is 76.4 Å². The first-order valence-electron chi connectivity index (χ1n) is 8.44. The fraction of sp³-hybridized carbons (Fsp3) is 0.882. The summed E-state index contributed by atoms with van der Waals surface area (Å²) in [6.45, 7) is 6.99. The molecule has 0 aromatic rings. The fourth-order valence-electron chi connectivity index (χ4n) is 3.54. The van der Waals surface area contributed by atoms with Crippen LogP contribution in [0.15, 0.2) is 11.3 Å². The molecule has 110 valence electrons. The second kappa shape index (κ2) is 6.96. The summed E-state index contributed by atoms with van der Waals surface area (Å²) < 4.78 is 6.50. The van der Waals surface area contributed by atoms with Crippen molar-refractivity contribution in [3.63, 3.8) is 0 Å². The molecule has 1 nitrogen and oxygen atoms in total. The maximum Gasteiger partial charge on any atom is 0.241 e. The highest BCUT2D eigenvalue weighted by atomic mass is 28.4. The van der Waals surface area contributed by atoms with Crippen LogP contribution in [0, 0.1) is 5.92 Å². The topological polar surface area (TPSA) is 9.23 Å². The molecule has 2 fully saturated rings. The zero-order chi connectivity index (χ0) is 13.7. The van der Waals surface area contributed by atoms with Crippen LogP contribution in [0.3, 0.4) is 0 Å². The van der Waals surface area contributed by atoms with Gasteiger partial charge in [-0.15, -0.1) is 0 Å². The molecule has 19 heavy (non-hydrogen) atoms. The molecule has 0 bridgehead atoms. The van der Waals surface area contributed by atoms with Crippen LogP contribution >= 0.6 is 0 Å². The maximum atomic E-state index is 6.50. The molecule has 2 aliphatic rings. The lowest BCUT2D eigenvalue weighted by Gasteiger charge is -2.30. The predicted octanol–water partition coefficient (Wildman–Crippen LogP) is 6.03. The van der Waals surface area contributed by atoms with Crippen LogP contribution in [-0.4, -0.2) is 8.32 Å². The van der Waals surface area contributed by atoms with Crippen molar-refractivity contribution in [3.05, 3.63) is 11.3 Å². The van der Waals surface area contributed by atoms with E-state index in [0.717, 1.165) is 5.92 Å². The number of rotatable bonds is 4. The Kier molecular flexibility index (Phi) is 5.55. The molecule has 0 saturated heterocycles. The van der Waals surface area contributed by atoms with Gasteiger partial charge in [0.15, 0.2) is 0 Å². The van der Waals surface area contributed by atoms with Gasteiger partial charge in [0.1, 0.15) is 0 Å². The van der Waals surface area contributed by atoms with Gasteiger partial charge in [-0.2, -0.15) is 0 Å². The Labute approximate surface area is 120 Å². The molecule has 0 radical (unpaired) electrons. The monoisotopic (exact) mass is 280 g/mol. The van der Waals surface area contributed by atoms with E-state index in [4.69, 9.17) is 4.43 Å². The molecule has 2 aliphatic carbocycles. The van der Waals surface area contributed by atoms with Gasteiger partial charge >= 0.3 is 0 Å². The molecule has 0 amide bonds. The SMILES string of the molecule is C[Si](C)(C)OC(CC1CCCCC1)=C1CCCCC1. The summed E-state index contributed by atoms with van der Waals surface area (Å²) in [5.74, 6) is 2.35. The molecule has 0 aliphatic heterocycles. The van der Waals surface area contributed by atoms with Crippen LogP contribution < -0.4 is 0 Å². The van der Waals surface area contributed by atoms with Crippen molar-refractivity contribution in [3.8, 4) is 0 Å². The Morgan fingerprint density at radius 2 is 1.53 bits per heavy atom. The van der Waals surface area contributed by atoms with Crippen molar-refractivity contribution in [2.45, 2.75) is 90.3 Å². The van der Waals surface area contributed by atoms with E-state index < -0.39 is 8.32 Å². The van der Waals surface area contributed by atoms with Gasteiger partial charge in [0.25, 0.3) is 0 Å². The first kappa shape index (κ1) is 15.2. The molecular weight excluding hydrogens is 248 g/mol. The average molecular weight is 281 g/mol. The summed E-state index contributed by atoms with van der Waals surface area (Å²) >= 11 is 0. The van der Waals surface area contributed by atoms with Crippen LogP contribution in [0.4, 0.5) is 0 Å². The Morgan fingerprint density at radius 1 is 0.947 bits per heavy atom. The zero-order valence-electron chi connectivity index (χ0n) is 13.3. The van der Waals surface area contributed by atoms with Gasteiger partial charge in [-0.3, -0.25) is 0 Å². The summed E-state index contributed by atoms with van der Waals surface area (Å²) in [6, 6.07) is 0. The molecule has 0 aromatic carbocycles. The van der Waals surface area contributed by atoms with E-state index >= 15 is 0 Å². The van der Waals surface area contributed by atoms with Gasteiger partial charge in [0.2, 0.25) is 8.32 Å². The molecule has 2 heteroatoms. The highest BCUT2D eigenvalue weighted by molar-refractivity contribution is 6.70. The Morgan fingerprint density at radius 3 is 2.11 bits per heavy atom.